The van der Waals surface area contributed by atoms with Crippen molar-refractivity contribution in [1.29, 1.82) is 0 Å². The van der Waals surface area contributed by atoms with Gasteiger partial charge in [0, 0.05) is 33.0 Å². The first-order valence-electron chi connectivity index (χ1n) is 10.5. The molecule has 0 aliphatic carbocycles. The lowest BCUT2D eigenvalue weighted by Gasteiger charge is -2.26. The molecule has 0 saturated heterocycles. The van der Waals surface area contributed by atoms with Crippen molar-refractivity contribution >= 4 is 60.0 Å². The van der Waals surface area contributed by atoms with E-state index in [4.69, 9.17) is 9.47 Å². The summed E-state index contributed by atoms with van der Waals surface area (Å²) < 4.78 is 12.7. The second-order valence-corrected chi connectivity index (χ2v) is 10.3. The molecule has 2 heterocycles. The van der Waals surface area contributed by atoms with Gasteiger partial charge >= 0.3 is 6.09 Å². The molecule has 0 unspecified atom stereocenters. The fourth-order valence-corrected chi connectivity index (χ4v) is 5.16. The van der Waals surface area contributed by atoms with Crippen molar-refractivity contribution in [3.05, 3.63) is 56.6 Å². The van der Waals surface area contributed by atoms with Crippen LogP contribution >= 0.6 is 27.3 Å². The summed E-state index contributed by atoms with van der Waals surface area (Å²) in [5.74, 6) is 0.682. The molecule has 1 amide bonds. The van der Waals surface area contributed by atoms with Crippen LogP contribution in [0.3, 0.4) is 0 Å². The SMILES string of the molecule is CCN(C(=O)OC(C)(C)C)c1ccc(-c2c(OC)cc(Br)c3[nH]c(=O)c4sccc4c23)cc1. The fourth-order valence-electron chi connectivity index (χ4n) is 3.86. The summed E-state index contributed by atoms with van der Waals surface area (Å²) in [7, 11) is 1.63. The molecular formula is C25H25BrN2O4S. The van der Waals surface area contributed by atoms with E-state index in [0.717, 1.165) is 37.6 Å². The lowest BCUT2D eigenvalue weighted by atomic mass is 9.97. The van der Waals surface area contributed by atoms with Crippen LogP contribution in [0, 0.1) is 0 Å². The minimum atomic E-state index is -0.572. The molecule has 4 aromatic rings. The van der Waals surface area contributed by atoms with E-state index in [9.17, 15) is 9.59 Å². The van der Waals surface area contributed by atoms with Crippen molar-refractivity contribution in [2.45, 2.75) is 33.3 Å². The number of carbonyl (C=O) groups is 1. The predicted octanol–water partition coefficient (Wildman–Crippen LogP) is 6.94. The highest BCUT2D eigenvalue weighted by Gasteiger charge is 2.23. The average Bonchev–Trinajstić information content (AvgIpc) is 3.25. The van der Waals surface area contributed by atoms with Gasteiger partial charge in [-0.15, -0.1) is 11.3 Å². The van der Waals surface area contributed by atoms with Gasteiger partial charge in [-0.2, -0.15) is 0 Å². The van der Waals surface area contributed by atoms with Gasteiger partial charge in [0.25, 0.3) is 5.56 Å². The second kappa shape index (κ2) is 8.83. The van der Waals surface area contributed by atoms with E-state index in [0.29, 0.717) is 17.0 Å². The zero-order valence-corrected chi connectivity index (χ0v) is 21.5. The Morgan fingerprint density at radius 2 is 1.88 bits per heavy atom. The van der Waals surface area contributed by atoms with Gasteiger partial charge in [0.05, 0.1) is 12.6 Å². The number of nitrogens with zero attached hydrogens (tertiary/aromatic N) is 1. The third kappa shape index (κ3) is 4.37. The number of aromatic nitrogens is 1. The maximum absolute atomic E-state index is 12.7. The number of hydrogen-bond acceptors (Lipinski definition) is 5. The standard InChI is InChI=1S/C25H25BrN2O4S/c1-6-28(24(30)32-25(2,3)4)15-9-7-14(8-10-15)19-18(31-5)13-17(26)21-20(19)16-11-12-33-22(16)23(29)27-21/h7-13H,6H2,1-5H3,(H,27,29). The van der Waals surface area contributed by atoms with Gasteiger partial charge in [-0.1, -0.05) is 12.1 Å². The topological polar surface area (TPSA) is 71.6 Å². The summed E-state index contributed by atoms with van der Waals surface area (Å²) in [4.78, 5) is 29.8. The third-order valence-corrected chi connectivity index (χ3v) is 6.78. The number of methoxy groups -OCH3 is 1. The molecular weight excluding hydrogens is 504 g/mol. The van der Waals surface area contributed by atoms with Crippen LogP contribution in [0.4, 0.5) is 10.5 Å². The maximum atomic E-state index is 12.7. The number of carbonyl (C=O) groups excluding carboxylic acids is 1. The lowest BCUT2D eigenvalue weighted by molar-refractivity contribution is 0.0582. The van der Waals surface area contributed by atoms with Gasteiger partial charge in [0.2, 0.25) is 0 Å². The van der Waals surface area contributed by atoms with E-state index in [-0.39, 0.29) is 11.7 Å². The molecule has 2 aromatic heterocycles. The Labute approximate surface area is 204 Å². The minimum Gasteiger partial charge on any atom is -0.496 e. The average molecular weight is 529 g/mol. The van der Waals surface area contributed by atoms with Crippen LogP contribution in [0.25, 0.3) is 32.1 Å². The van der Waals surface area contributed by atoms with Gasteiger partial charge in [-0.05, 0) is 78.8 Å². The molecule has 2 aromatic carbocycles. The van der Waals surface area contributed by atoms with Crippen LogP contribution in [-0.4, -0.2) is 30.3 Å². The van der Waals surface area contributed by atoms with E-state index in [1.807, 2.05) is 69.5 Å². The van der Waals surface area contributed by atoms with Gasteiger partial charge in [0.15, 0.2) is 0 Å². The van der Waals surface area contributed by atoms with Gasteiger partial charge < -0.3 is 14.5 Å². The smallest absolute Gasteiger partial charge is 0.414 e. The Morgan fingerprint density at radius 1 is 1.18 bits per heavy atom. The summed E-state index contributed by atoms with van der Waals surface area (Å²) in [5, 5.41) is 3.70. The Bertz CT molecular complexity index is 1400. The highest BCUT2D eigenvalue weighted by atomic mass is 79.9. The fraction of sp³-hybridized carbons (Fsp3) is 0.280. The number of anilines is 1. The molecule has 0 atom stereocenters. The second-order valence-electron chi connectivity index (χ2n) is 8.57. The quantitative estimate of drug-likeness (QED) is 0.311. The highest BCUT2D eigenvalue weighted by Crippen LogP contribution is 2.43. The number of ether oxygens (including phenoxy) is 2. The van der Waals surface area contributed by atoms with Gasteiger partial charge in [-0.3, -0.25) is 9.69 Å². The van der Waals surface area contributed by atoms with E-state index >= 15 is 0 Å². The number of thiophene rings is 1. The first kappa shape index (κ1) is 23.3. The van der Waals surface area contributed by atoms with E-state index in [1.54, 1.807) is 12.0 Å². The molecule has 4 rings (SSSR count). The number of aromatic amines is 1. The number of halogens is 1. The molecule has 6 nitrogen and oxygen atoms in total. The van der Waals surface area contributed by atoms with Gasteiger partial charge in [0.1, 0.15) is 16.1 Å². The van der Waals surface area contributed by atoms with Crippen LogP contribution in [0.15, 0.2) is 51.0 Å². The number of hydrogen-bond donors (Lipinski definition) is 1. The number of nitrogens with one attached hydrogen (secondary N) is 1. The van der Waals surface area contributed by atoms with Crippen LogP contribution in [0.5, 0.6) is 5.75 Å². The summed E-state index contributed by atoms with van der Waals surface area (Å²) >= 11 is 4.99. The zero-order valence-electron chi connectivity index (χ0n) is 19.1. The molecule has 0 aliphatic heterocycles. The van der Waals surface area contributed by atoms with Crippen molar-refractivity contribution in [3.8, 4) is 16.9 Å². The first-order valence-corrected chi connectivity index (χ1v) is 12.2. The highest BCUT2D eigenvalue weighted by molar-refractivity contribution is 9.10. The molecule has 0 spiro atoms. The molecule has 33 heavy (non-hydrogen) atoms. The maximum Gasteiger partial charge on any atom is 0.414 e. The normalized spacial score (nSPS) is 11.7. The molecule has 8 heteroatoms. The van der Waals surface area contributed by atoms with Crippen molar-refractivity contribution in [3.63, 3.8) is 0 Å². The number of pyridine rings is 1. The molecule has 0 aliphatic rings. The summed E-state index contributed by atoms with van der Waals surface area (Å²) in [6, 6.07) is 11.5. The molecule has 0 fully saturated rings. The van der Waals surface area contributed by atoms with Crippen LogP contribution in [0.1, 0.15) is 27.7 Å². The minimum absolute atomic E-state index is 0.115. The molecule has 172 valence electrons. The van der Waals surface area contributed by atoms with Crippen molar-refractivity contribution in [1.82, 2.24) is 4.98 Å². The van der Waals surface area contributed by atoms with E-state index in [2.05, 4.69) is 20.9 Å². The monoisotopic (exact) mass is 528 g/mol. The van der Waals surface area contributed by atoms with E-state index in [1.165, 1.54) is 11.3 Å². The Morgan fingerprint density at radius 3 is 2.48 bits per heavy atom. The number of amides is 1. The first-order chi connectivity index (χ1) is 15.6. The number of H-pyrrole nitrogens is 1. The Kier molecular flexibility index (Phi) is 6.24. The number of fused-ring (bicyclic) bond motifs is 3. The molecule has 0 bridgehead atoms. The Balaban J connectivity index is 1.88. The Hall–Kier alpha value is -2.84. The molecule has 1 N–H and O–H groups in total. The molecule has 0 saturated carbocycles. The van der Waals surface area contributed by atoms with Crippen LogP contribution in [-0.2, 0) is 4.74 Å². The van der Waals surface area contributed by atoms with E-state index < -0.39 is 5.60 Å². The van der Waals surface area contributed by atoms with Gasteiger partial charge in [-0.25, -0.2) is 4.79 Å². The summed E-state index contributed by atoms with van der Waals surface area (Å²) in [6.07, 6.45) is -0.387. The summed E-state index contributed by atoms with van der Waals surface area (Å²) in [6.45, 7) is 7.94. The number of benzene rings is 2. The van der Waals surface area contributed by atoms with Crippen molar-refractivity contribution < 1.29 is 14.3 Å². The lowest BCUT2D eigenvalue weighted by Crippen LogP contribution is -2.36. The van der Waals surface area contributed by atoms with Crippen molar-refractivity contribution in [2.24, 2.45) is 0 Å². The van der Waals surface area contributed by atoms with Crippen LogP contribution in [0.2, 0.25) is 0 Å². The molecule has 0 radical (unpaired) electrons. The van der Waals surface area contributed by atoms with Crippen LogP contribution < -0.4 is 15.2 Å². The summed E-state index contributed by atoms with van der Waals surface area (Å²) in [5.41, 5.74) is 2.56. The largest absolute Gasteiger partial charge is 0.496 e. The number of rotatable bonds is 4. The zero-order chi connectivity index (χ0) is 23.9. The predicted molar refractivity (Wildman–Crippen MR) is 139 cm³/mol. The third-order valence-electron chi connectivity index (χ3n) is 5.24. The van der Waals surface area contributed by atoms with Crippen molar-refractivity contribution in [2.75, 3.05) is 18.6 Å².